The van der Waals surface area contributed by atoms with Gasteiger partial charge >= 0.3 is 0 Å². The van der Waals surface area contributed by atoms with Crippen LogP contribution in [0.1, 0.15) is 21.7 Å². The molecule has 0 N–H and O–H groups in total. The van der Waals surface area contributed by atoms with E-state index in [-0.39, 0.29) is 24.1 Å². The molecule has 1 aliphatic heterocycles. The standard InChI is InChI=1S/C23H18FN3O4S/c1-13-8-18(14(2)27(13)17-5-3-4-16(24)10-17)19(28)11-32-23-26-25-22(31-23)15-6-7-20-21(9-15)30-12-29-20/h3-10H,11-12H2,1-2H3. The zero-order chi connectivity index (χ0) is 22.2. The molecule has 0 atom stereocenters. The van der Waals surface area contributed by atoms with Gasteiger partial charge in [0.15, 0.2) is 17.3 Å². The largest absolute Gasteiger partial charge is 0.454 e. The van der Waals surface area contributed by atoms with Crippen LogP contribution >= 0.6 is 11.8 Å². The van der Waals surface area contributed by atoms with Crippen molar-refractivity contribution in [3.8, 4) is 28.6 Å². The Labute approximate surface area is 187 Å². The summed E-state index contributed by atoms with van der Waals surface area (Å²) < 4.78 is 31.9. The van der Waals surface area contributed by atoms with E-state index in [0.717, 1.165) is 11.4 Å². The minimum atomic E-state index is -0.326. The van der Waals surface area contributed by atoms with Crippen molar-refractivity contribution in [2.24, 2.45) is 0 Å². The maximum absolute atomic E-state index is 13.7. The van der Waals surface area contributed by atoms with Crippen molar-refractivity contribution in [3.63, 3.8) is 0 Å². The molecule has 32 heavy (non-hydrogen) atoms. The second-order valence-corrected chi connectivity index (χ2v) is 8.18. The third-order valence-electron chi connectivity index (χ3n) is 5.15. The van der Waals surface area contributed by atoms with Crippen LogP contribution in [0.2, 0.25) is 0 Å². The number of Topliss-reactive ketones (excluding diaryl/α,β-unsaturated/α-hetero) is 1. The van der Waals surface area contributed by atoms with Crippen LogP contribution in [-0.4, -0.2) is 33.1 Å². The Morgan fingerprint density at radius 2 is 1.94 bits per heavy atom. The number of fused-ring (bicyclic) bond motifs is 1. The van der Waals surface area contributed by atoms with Gasteiger partial charge in [0.05, 0.1) is 5.75 Å². The SMILES string of the molecule is Cc1cc(C(=O)CSc2nnc(-c3ccc4c(c3)OCO4)o2)c(C)n1-c1cccc(F)c1. The van der Waals surface area contributed by atoms with E-state index in [1.54, 1.807) is 18.2 Å². The number of ketones is 1. The number of halogens is 1. The van der Waals surface area contributed by atoms with E-state index < -0.39 is 0 Å². The second kappa shape index (κ2) is 8.16. The summed E-state index contributed by atoms with van der Waals surface area (Å²) in [5.74, 6) is 1.36. The van der Waals surface area contributed by atoms with Crippen LogP contribution in [0.25, 0.3) is 17.1 Å². The zero-order valence-corrected chi connectivity index (χ0v) is 18.1. The molecule has 1 aliphatic rings. The minimum Gasteiger partial charge on any atom is -0.454 e. The van der Waals surface area contributed by atoms with E-state index in [9.17, 15) is 9.18 Å². The van der Waals surface area contributed by atoms with Crippen molar-refractivity contribution >= 4 is 17.5 Å². The summed E-state index contributed by atoms with van der Waals surface area (Å²) in [6, 6.07) is 13.5. The zero-order valence-electron chi connectivity index (χ0n) is 17.3. The van der Waals surface area contributed by atoms with Crippen LogP contribution in [0.4, 0.5) is 4.39 Å². The Hall–Kier alpha value is -3.59. The highest BCUT2D eigenvalue weighted by molar-refractivity contribution is 7.99. The molecule has 0 bridgehead atoms. The lowest BCUT2D eigenvalue weighted by molar-refractivity contribution is 0.102. The molecule has 0 saturated heterocycles. The number of carbonyl (C=O) groups excluding carboxylic acids is 1. The van der Waals surface area contributed by atoms with Crippen LogP contribution in [-0.2, 0) is 0 Å². The quantitative estimate of drug-likeness (QED) is 0.302. The summed E-state index contributed by atoms with van der Waals surface area (Å²) in [7, 11) is 0. The topological polar surface area (TPSA) is 79.4 Å². The Kier molecular flexibility index (Phi) is 5.18. The highest BCUT2D eigenvalue weighted by Crippen LogP contribution is 2.36. The fraction of sp³-hybridized carbons (Fsp3) is 0.174. The van der Waals surface area contributed by atoms with E-state index in [1.165, 1.54) is 23.9 Å². The maximum Gasteiger partial charge on any atom is 0.277 e. The van der Waals surface area contributed by atoms with E-state index in [0.29, 0.717) is 39.4 Å². The van der Waals surface area contributed by atoms with E-state index >= 15 is 0 Å². The van der Waals surface area contributed by atoms with Crippen LogP contribution < -0.4 is 9.47 Å². The normalized spacial score (nSPS) is 12.3. The van der Waals surface area contributed by atoms with Gasteiger partial charge in [-0.15, -0.1) is 10.2 Å². The molecular weight excluding hydrogens is 433 g/mol. The molecule has 7 nitrogen and oxygen atoms in total. The first-order chi connectivity index (χ1) is 15.5. The van der Waals surface area contributed by atoms with Gasteiger partial charge in [-0.25, -0.2) is 4.39 Å². The number of rotatable bonds is 6. The molecule has 4 aromatic rings. The molecule has 3 heterocycles. The number of thioether (sulfide) groups is 1. The number of aromatic nitrogens is 3. The number of aryl methyl sites for hydroxylation is 1. The van der Waals surface area contributed by atoms with Gasteiger partial charge in [-0.3, -0.25) is 4.79 Å². The fourth-order valence-corrected chi connectivity index (χ4v) is 4.32. The van der Waals surface area contributed by atoms with Gasteiger partial charge in [-0.1, -0.05) is 17.8 Å². The summed E-state index contributed by atoms with van der Waals surface area (Å²) in [5.41, 5.74) is 3.57. The third-order valence-corrected chi connectivity index (χ3v) is 5.97. The Bertz CT molecular complexity index is 1330. The first-order valence-corrected chi connectivity index (χ1v) is 10.8. The van der Waals surface area contributed by atoms with Crippen LogP contribution in [0.5, 0.6) is 11.5 Å². The summed E-state index contributed by atoms with van der Waals surface area (Å²) in [5, 5.41) is 8.39. The number of nitrogens with zero attached hydrogens (tertiary/aromatic N) is 3. The van der Waals surface area contributed by atoms with E-state index in [4.69, 9.17) is 13.9 Å². The maximum atomic E-state index is 13.7. The van der Waals surface area contributed by atoms with E-state index in [1.807, 2.05) is 36.6 Å². The van der Waals surface area contributed by atoms with Gasteiger partial charge in [0.25, 0.3) is 5.22 Å². The molecule has 162 valence electrons. The average Bonchev–Trinajstić information content (AvgIpc) is 3.50. The first kappa shape index (κ1) is 20.3. The number of carbonyl (C=O) groups is 1. The summed E-state index contributed by atoms with van der Waals surface area (Å²) in [6.45, 7) is 3.92. The van der Waals surface area contributed by atoms with Crippen molar-refractivity contribution in [1.29, 1.82) is 0 Å². The third kappa shape index (κ3) is 3.75. The van der Waals surface area contributed by atoms with Gasteiger partial charge in [0, 0.05) is 28.2 Å². The number of hydrogen-bond acceptors (Lipinski definition) is 7. The molecule has 0 fully saturated rings. The van der Waals surface area contributed by atoms with Crippen LogP contribution in [0, 0.1) is 19.7 Å². The van der Waals surface area contributed by atoms with Gasteiger partial charge in [-0.2, -0.15) is 0 Å². The number of ether oxygens (including phenoxy) is 2. The Balaban J connectivity index is 1.30. The predicted molar refractivity (Wildman–Crippen MR) is 116 cm³/mol. The van der Waals surface area contributed by atoms with Crippen molar-refractivity contribution in [2.75, 3.05) is 12.5 Å². The molecule has 0 unspecified atom stereocenters. The number of hydrogen-bond donors (Lipinski definition) is 0. The van der Waals surface area contributed by atoms with E-state index in [2.05, 4.69) is 10.2 Å². The van der Waals surface area contributed by atoms with Crippen molar-refractivity contribution in [1.82, 2.24) is 14.8 Å². The monoisotopic (exact) mass is 451 g/mol. The molecular formula is C23H18FN3O4S. The second-order valence-electron chi connectivity index (χ2n) is 7.25. The molecule has 2 aromatic carbocycles. The molecule has 0 aliphatic carbocycles. The minimum absolute atomic E-state index is 0.0754. The van der Waals surface area contributed by atoms with Crippen molar-refractivity contribution < 1.29 is 23.1 Å². The van der Waals surface area contributed by atoms with Crippen molar-refractivity contribution in [3.05, 3.63) is 71.3 Å². The van der Waals surface area contributed by atoms with Crippen molar-refractivity contribution in [2.45, 2.75) is 19.1 Å². The molecule has 0 amide bonds. The first-order valence-electron chi connectivity index (χ1n) is 9.84. The molecule has 0 radical (unpaired) electrons. The predicted octanol–water partition coefficient (Wildman–Crippen LogP) is 4.99. The molecule has 0 spiro atoms. The molecule has 5 rings (SSSR count). The lowest BCUT2D eigenvalue weighted by Crippen LogP contribution is -2.05. The van der Waals surface area contributed by atoms with Gasteiger partial charge < -0.3 is 18.5 Å². The lowest BCUT2D eigenvalue weighted by atomic mass is 10.2. The smallest absolute Gasteiger partial charge is 0.277 e. The Morgan fingerprint density at radius 3 is 2.78 bits per heavy atom. The lowest BCUT2D eigenvalue weighted by Gasteiger charge is -2.09. The molecule has 2 aromatic heterocycles. The highest BCUT2D eigenvalue weighted by Gasteiger charge is 2.20. The van der Waals surface area contributed by atoms with Gasteiger partial charge in [0.2, 0.25) is 12.7 Å². The molecule has 0 saturated carbocycles. The fourth-order valence-electron chi connectivity index (χ4n) is 3.68. The average molecular weight is 451 g/mol. The van der Waals surface area contributed by atoms with Gasteiger partial charge in [0.1, 0.15) is 5.82 Å². The van der Waals surface area contributed by atoms with Crippen LogP contribution in [0.15, 0.2) is 58.2 Å². The molecule has 9 heteroatoms. The van der Waals surface area contributed by atoms with Gasteiger partial charge in [-0.05, 0) is 56.3 Å². The number of benzene rings is 2. The summed E-state index contributed by atoms with van der Waals surface area (Å²) in [4.78, 5) is 12.9. The Morgan fingerprint density at radius 1 is 1.09 bits per heavy atom. The highest BCUT2D eigenvalue weighted by atomic mass is 32.2. The summed E-state index contributed by atoms with van der Waals surface area (Å²) >= 11 is 1.17. The van der Waals surface area contributed by atoms with Crippen LogP contribution in [0.3, 0.4) is 0 Å². The summed E-state index contributed by atoms with van der Waals surface area (Å²) in [6.07, 6.45) is 0.